The van der Waals surface area contributed by atoms with Gasteiger partial charge in [0, 0.05) is 37.8 Å². The molecule has 1 amide bonds. The van der Waals surface area contributed by atoms with Crippen LogP contribution in [-0.4, -0.2) is 53.4 Å². The van der Waals surface area contributed by atoms with Gasteiger partial charge in [-0.05, 0) is 36.6 Å². The van der Waals surface area contributed by atoms with Gasteiger partial charge in [-0.3, -0.25) is 14.4 Å². The predicted octanol–water partition coefficient (Wildman–Crippen LogP) is 3.84. The van der Waals surface area contributed by atoms with Crippen molar-refractivity contribution in [1.82, 2.24) is 20.0 Å². The Balaban J connectivity index is 1.67. The van der Waals surface area contributed by atoms with Crippen LogP contribution in [0.4, 0.5) is 4.39 Å². The number of nitrogens with one attached hydrogen (secondary N) is 1. The lowest BCUT2D eigenvalue weighted by Crippen LogP contribution is -2.43. The molecule has 1 aromatic heterocycles. The molecule has 0 aliphatic carbocycles. The second kappa shape index (κ2) is 10.9. The summed E-state index contributed by atoms with van der Waals surface area (Å²) < 4.78 is 20.6. The van der Waals surface area contributed by atoms with Gasteiger partial charge in [-0.2, -0.15) is 5.10 Å². The van der Waals surface area contributed by atoms with Gasteiger partial charge in [-0.15, -0.1) is 0 Å². The van der Waals surface area contributed by atoms with E-state index < -0.39 is 0 Å². The molecule has 31 heavy (non-hydrogen) atoms. The largest absolute Gasteiger partial charge is 0.379 e. The molecule has 1 aliphatic heterocycles. The highest BCUT2D eigenvalue weighted by molar-refractivity contribution is 6.31. The maximum atomic E-state index is 13.4. The first-order valence-corrected chi connectivity index (χ1v) is 11.0. The maximum Gasteiger partial charge on any atom is 0.244 e. The molecular formula is C23H30ClFN4O2. The van der Waals surface area contributed by atoms with Crippen LogP contribution >= 0.6 is 11.6 Å². The van der Waals surface area contributed by atoms with Crippen molar-refractivity contribution in [3.05, 3.63) is 58.1 Å². The van der Waals surface area contributed by atoms with Crippen molar-refractivity contribution in [2.45, 2.75) is 33.4 Å². The van der Waals surface area contributed by atoms with E-state index in [0.717, 1.165) is 36.5 Å². The van der Waals surface area contributed by atoms with E-state index in [2.05, 4.69) is 29.2 Å². The Morgan fingerprint density at radius 1 is 1.29 bits per heavy atom. The van der Waals surface area contributed by atoms with Gasteiger partial charge in [0.15, 0.2) is 0 Å². The molecule has 1 aliphatic rings. The summed E-state index contributed by atoms with van der Waals surface area (Å²) in [6.45, 7) is 10.0. The van der Waals surface area contributed by atoms with Gasteiger partial charge >= 0.3 is 0 Å². The summed E-state index contributed by atoms with van der Waals surface area (Å²) in [7, 11) is 0. The molecule has 1 saturated heterocycles. The van der Waals surface area contributed by atoms with E-state index in [9.17, 15) is 9.18 Å². The number of rotatable bonds is 8. The molecule has 2 aromatic rings. The number of benzene rings is 1. The Morgan fingerprint density at radius 2 is 1.97 bits per heavy atom. The number of carbonyl (C=O) groups is 1. The molecule has 1 fully saturated rings. The minimum Gasteiger partial charge on any atom is -0.379 e. The summed E-state index contributed by atoms with van der Waals surface area (Å²) in [5, 5.41) is 7.97. The Hall–Kier alpha value is -2.22. The number of amides is 1. The topological polar surface area (TPSA) is 59.4 Å². The molecule has 1 N–H and O–H groups in total. The zero-order chi connectivity index (χ0) is 22.4. The van der Waals surface area contributed by atoms with Gasteiger partial charge in [-0.1, -0.05) is 37.6 Å². The molecule has 1 atom stereocenters. The SMILES string of the molecule is Cc1nn(CC(C)C)c(Cl)c1/C=C/C(=O)NCC(c1ccc(F)cc1)N1CCOCC1. The molecule has 8 heteroatoms. The number of aromatic nitrogens is 2. The molecule has 0 radical (unpaired) electrons. The minimum absolute atomic E-state index is 0.0547. The molecular weight excluding hydrogens is 419 g/mol. The Morgan fingerprint density at radius 3 is 2.61 bits per heavy atom. The number of aryl methyl sites for hydroxylation is 1. The third kappa shape index (κ3) is 6.38. The first-order chi connectivity index (χ1) is 14.8. The summed E-state index contributed by atoms with van der Waals surface area (Å²) >= 11 is 6.45. The molecule has 168 valence electrons. The lowest BCUT2D eigenvalue weighted by molar-refractivity contribution is -0.116. The number of hydrogen-bond donors (Lipinski definition) is 1. The number of hydrogen-bond acceptors (Lipinski definition) is 4. The van der Waals surface area contributed by atoms with Crippen molar-refractivity contribution in [1.29, 1.82) is 0 Å². The van der Waals surface area contributed by atoms with E-state index in [1.165, 1.54) is 18.2 Å². The third-order valence-corrected chi connectivity index (χ3v) is 5.66. The van der Waals surface area contributed by atoms with Crippen molar-refractivity contribution in [3.8, 4) is 0 Å². The average molecular weight is 449 g/mol. The molecule has 3 rings (SSSR count). The fourth-order valence-electron chi connectivity index (χ4n) is 3.67. The molecule has 0 saturated carbocycles. The average Bonchev–Trinajstić information content (AvgIpc) is 3.00. The number of halogens is 2. The van der Waals surface area contributed by atoms with Gasteiger partial charge < -0.3 is 10.1 Å². The highest BCUT2D eigenvalue weighted by atomic mass is 35.5. The van der Waals surface area contributed by atoms with Crippen molar-refractivity contribution in [2.24, 2.45) is 5.92 Å². The fourth-order valence-corrected chi connectivity index (χ4v) is 3.98. The van der Waals surface area contributed by atoms with E-state index in [-0.39, 0.29) is 17.8 Å². The second-order valence-electron chi connectivity index (χ2n) is 8.16. The van der Waals surface area contributed by atoms with Gasteiger partial charge in [0.1, 0.15) is 11.0 Å². The second-order valence-corrected chi connectivity index (χ2v) is 8.52. The minimum atomic E-state index is -0.276. The van der Waals surface area contributed by atoms with Crippen molar-refractivity contribution in [2.75, 3.05) is 32.8 Å². The predicted molar refractivity (Wildman–Crippen MR) is 120 cm³/mol. The van der Waals surface area contributed by atoms with Gasteiger partial charge in [-0.25, -0.2) is 4.39 Å². The van der Waals surface area contributed by atoms with Crippen LogP contribution in [-0.2, 0) is 16.1 Å². The van der Waals surface area contributed by atoms with Crippen molar-refractivity contribution < 1.29 is 13.9 Å². The lowest BCUT2D eigenvalue weighted by atomic mass is 10.0. The van der Waals surface area contributed by atoms with Crippen LogP contribution in [0.5, 0.6) is 0 Å². The van der Waals surface area contributed by atoms with Crippen LogP contribution in [0.1, 0.15) is 36.7 Å². The number of morpholine rings is 1. The third-order valence-electron chi connectivity index (χ3n) is 5.26. The Labute approximate surface area is 188 Å². The van der Waals surface area contributed by atoms with E-state index in [1.807, 2.05) is 6.92 Å². The molecule has 6 nitrogen and oxygen atoms in total. The van der Waals surface area contributed by atoms with Gasteiger partial charge in [0.05, 0.1) is 24.9 Å². The summed E-state index contributed by atoms with van der Waals surface area (Å²) in [5.74, 6) is -0.0744. The van der Waals surface area contributed by atoms with Crippen LogP contribution in [0.2, 0.25) is 5.15 Å². The first-order valence-electron chi connectivity index (χ1n) is 10.6. The highest BCUT2D eigenvalue weighted by Gasteiger charge is 2.23. The maximum absolute atomic E-state index is 13.4. The van der Waals surface area contributed by atoms with Crippen molar-refractivity contribution >= 4 is 23.6 Å². The number of carbonyl (C=O) groups excluding carboxylic acids is 1. The first kappa shape index (κ1) is 23.4. The normalized spacial score (nSPS) is 16.2. The van der Waals surface area contributed by atoms with Crippen LogP contribution < -0.4 is 5.32 Å². The highest BCUT2D eigenvalue weighted by Crippen LogP contribution is 2.23. The Kier molecular flexibility index (Phi) is 8.23. The summed E-state index contributed by atoms with van der Waals surface area (Å²) in [6, 6.07) is 6.38. The van der Waals surface area contributed by atoms with Crippen molar-refractivity contribution in [3.63, 3.8) is 0 Å². The monoisotopic (exact) mass is 448 g/mol. The molecule has 2 heterocycles. The van der Waals surface area contributed by atoms with Crippen LogP contribution in [0.3, 0.4) is 0 Å². The van der Waals surface area contributed by atoms with E-state index in [1.54, 1.807) is 22.9 Å². The van der Waals surface area contributed by atoms with Crippen LogP contribution in [0.25, 0.3) is 6.08 Å². The van der Waals surface area contributed by atoms with Crippen LogP contribution in [0, 0.1) is 18.7 Å². The van der Waals surface area contributed by atoms with Crippen LogP contribution in [0.15, 0.2) is 30.3 Å². The van der Waals surface area contributed by atoms with E-state index in [4.69, 9.17) is 16.3 Å². The standard InChI is InChI=1S/C23H30ClFN4O2/c1-16(2)15-29-23(24)20(17(3)27-29)8-9-22(30)26-14-21(28-10-12-31-13-11-28)18-4-6-19(25)7-5-18/h4-9,16,21H,10-15H2,1-3H3,(H,26,30)/b9-8+. The fraction of sp³-hybridized carbons (Fsp3) is 0.478. The lowest BCUT2D eigenvalue weighted by Gasteiger charge is -2.34. The summed E-state index contributed by atoms with van der Waals surface area (Å²) in [5.41, 5.74) is 2.49. The van der Waals surface area contributed by atoms with E-state index >= 15 is 0 Å². The van der Waals surface area contributed by atoms with E-state index in [0.29, 0.717) is 30.8 Å². The quantitative estimate of drug-likeness (QED) is 0.623. The zero-order valence-corrected chi connectivity index (χ0v) is 19.0. The zero-order valence-electron chi connectivity index (χ0n) is 18.3. The Bertz CT molecular complexity index is 905. The molecule has 1 aromatic carbocycles. The summed E-state index contributed by atoms with van der Waals surface area (Å²) in [6.07, 6.45) is 3.19. The number of nitrogens with zero attached hydrogens (tertiary/aromatic N) is 3. The molecule has 0 spiro atoms. The van der Waals surface area contributed by atoms with Gasteiger partial charge in [0.2, 0.25) is 5.91 Å². The molecule has 1 unspecified atom stereocenters. The molecule has 0 bridgehead atoms. The summed E-state index contributed by atoms with van der Waals surface area (Å²) in [4.78, 5) is 14.8. The smallest absolute Gasteiger partial charge is 0.244 e. The number of ether oxygens (including phenoxy) is 1. The van der Waals surface area contributed by atoms with Gasteiger partial charge in [0.25, 0.3) is 0 Å².